The Bertz CT molecular complexity index is 734. The highest BCUT2D eigenvalue weighted by Crippen LogP contribution is 2.31. The van der Waals surface area contributed by atoms with Crippen LogP contribution in [0.5, 0.6) is 0 Å². The van der Waals surface area contributed by atoms with Crippen LogP contribution in [0.3, 0.4) is 0 Å². The highest BCUT2D eigenvalue weighted by molar-refractivity contribution is 7.22. The molecular weight excluding hydrogens is 358 g/mol. The van der Waals surface area contributed by atoms with Gasteiger partial charge >= 0.3 is 6.09 Å². The average Bonchev–Trinajstić information content (AvgIpc) is 3.25. The van der Waals surface area contributed by atoms with Gasteiger partial charge in [0.15, 0.2) is 0 Å². The molecule has 0 spiro atoms. The third kappa shape index (κ3) is 4.19. The predicted molar refractivity (Wildman–Crippen MR) is 99.2 cm³/mol. The molecule has 3 heterocycles. The Kier molecular flexibility index (Phi) is 5.70. The van der Waals surface area contributed by atoms with E-state index in [9.17, 15) is 9.59 Å². The first-order chi connectivity index (χ1) is 12.1. The fraction of sp³-hybridized carbons (Fsp3) is 0.471. The van der Waals surface area contributed by atoms with Gasteiger partial charge in [-0.1, -0.05) is 6.07 Å². The molecule has 0 atom stereocenters. The number of piperidine rings is 1. The maximum atomic E-state index is 12.6. The van der Waals surface area contributed by atoms with Gasteiger partial charge in [0.25, 0.3) is 5.91 Å². The van der Waals surface area contributed by atoms with Gasteiger partial charge in [-0.15, -0.1) is 22.7 Å². The SMILES string of the molecule is CCOC(=O)N1CCC(NC(=O)c2sc(-c3cccs3)nc2C)CC1. The lowest BCUT2D eigenvalue weighted by Crippen LogP contribution is -2.46. The van der Waals surface area contributed by atoms with Crippen molar-refractivity contribution < 1.29 is 14.3 Å². The lowest BCUT2D eigenvalue weighted by molar-refractivity contribution is 0.0862. The third-order valence-electron chi connectivity index (χ3n) is 4.09. The zero-order valence-electron chi connectivity index (χ0n) is 14.3. The molecule has 6 nitrogen and oxygen atoms in total. The average molecular weight is 380 g/mol. The molecule has 8 heteroatoms. The molecule has 134 valence electrons. The van der Waals surface area contributed by atoms with Crippen molar-refractivity contribution >= 4 is 34.7 Å². The molecule has 0 saturated carbocycles. The quantitative estimate of drug-likeness (QED) is 0.882. The molecule has 0 aromatic carbocycles. The van der Waals surface area contributed by atoms with E-state index in [4.69, 9.17) is 4.74 Å². The minimum Gasteiger partial charge on any atom is -0.450 e. The number of aryl methyl sites for hydroxylation is 1. The van der Waals surface area contributed by atoms with Crippen molar-refractivity contribution in [2.75, 3.05) is 19.7 Å². The van der Waals surface area contributed by atoms with E-state index < -0.39 is 0 Å². The molecule has 0 unspecified atom stereocenters. The first-order valence-electron chi connectivity index (χ1n) is 8.32. The molecular formula is C17H21N3O3S2. The highest BCUT2D eigenvalue weighted by atomic mass is 32.1. The van der Waals surface area contributed by atoms with Crippen molar-refractivity contribution in [3.63, 3.8) is 0 Å². The first kappa shape index (κ1) is 17.9. The Balaban J connectivity index is 1.58. The summed E-state index contributed by atoms with van der Waals surface area (Å²) in [4.78, 5) is 32.3. The van der Waals surface area contributed by atoms with Crippen molar-refractivity contribution in [2.45, 2.75) is 32.7 Å². The van der Waals surface area contributed by atoms with Gasteiger partial charge in [-0.05, 0) is 38.1 Å². The smallest absolute Gasteiger partial charge is 0.409 e. The summed E-state index contributed by atoms with van der Waals surface area (Å²) >= 11 is 3.05. The van der Waals surface area contributed by atoms with Gasteiger partial charge in [0.2, 0.25) is 0 Å². The zero-order chi connectivity index (χ0) is 17.8. The lowest BCUT2D eigenvalue weighted by Gasteiger charge is -2.31. The Morgan fingerprint density at radius 2 is 2.16 bits per heavy atom. The summed E-state index contributed by atoms with van der Waals surface area (Å²) in [6, 6.07) is 4.06. The summed E-state index contributed by atoms with van der Waals surface area (Å²) in [5.74, 6) is -0.0765. The van der Waals surface area contributed by atoms with Crippen LogP contribution < -0.4 is 5.32 Å². The molecule has 1 fully saturated rings. The monoisotopic (exact) mass is 379 g/mol. The van der Waals surface area contributed by atoms with Crippen molar-refractivity contribution in [2.24, 2.45) is 0 Å². The van der Waals surface area contributed by atoms with E-state index in [-0.39, 0.29) is 18.0 Å². The molecule has 2 amide bonds. The Morgan fingerprint density at radius 1 is 1.40 bits per heavy atom. The molecule has 25 heavy (non-hydrogen) atoms. The highest BCUT2D eigenvalue weighted by Gasteiger charge is 2.26. The van der Waals surface area contributed by atoms with Crippen LogP contribution in [0.2, 0.25) is 0 Å². The Labute approximate surface area is 154 Å². The van der Waals surface area contributed by atoms with Gasteiger partial charge < -0.3 is 15.0 Å². The maximum absolute atomic E-state index is 12.6. The van der Waals surface area contributed by atoms with Crippen LogP contribution in [0.4, 0.5) is 4.79 Å². The summed E-state index contributed by atoms with van der Waals surface area (Å²) in [7, 11) is 0. The molecule has 1 N–H and O–H groups in total. The number of carbonyl (C=O) groups excluding carboxylic acids is 2. The van der Waals surface area contributed by atoms with E-state index in [0.717, 1.165) is 28.4 Å². The van der Waals surface area contributed by atoms with Crippen LogP contribution in [0, 0.1) is 6.92 Å². The molecule has 0 aliphatic carbocycles. The Morgan fingerprint density at radius 3 is 2.80 bits per heavy atom. The minimum atomic E-state index is -0.272. The number of carbonyl (C=O) groups is 2. The largest absolute Gasteiger partial charge is 0.450 e. The van der Waals surface area contributed by atoms with Crippen LogP contribution in [-0.4, -0.2) is 47.6 Å². The number of rotatable bonds is 4. The summed E-state index contributed by atoms with van der Waals surface area (Å²) in [5, 5.41) is 5.97. The standard InChI is InChI=1S/C17H21N3O3S2/c1-3-23-17(22)20-8-6-12(7-9-20)19-15(21)14-11(2)18-16(25-14)13-5-4-10-24-13/h4-5,10,12H,3,6-9H2,1-2H3,(H,19,21). The van der Waals surface area contributed by atoms with E-state index in [1.807, 2.05) is 24.4 Å². The molecule has 0 radical (unpaired) electrons. The molecule has 1 aliphatic heterocycles. The van der Waals surface area contributed by atoms with Crippen molar-refractivity contribution in [3.8, 4) is 9.88 Å². The van der Waals surface area contributed by atoms with E-state index in [2.05, 4.69) is 10.3 Å². The number of thiazole rings is 1. The van der Waals surface area contributed by atoms with Crippen LogP contribution >= 0.6 is 22.7 Å². The van der Waals surface area contributed by atoms with Gasteiger partial charge in [-0.3, -0.25) is 4.79 Å². The van der Waals surface area contributed by atoms with Crippen LogP contribution in [0.15, 0.2) is 17.5 Å². The summed E-state index contributed by atoms with van der Waals surface area (Å²) in [5.41, 5.74) is 0.759. The van der Waals surface area contributed by atoms with Gasteiger partial charge in [0, 0.05) is 19.1 Å². The zero-order valence-corrected chi connectivity index (χ0v) is 15.9. The number of hydrogen-bond acceptors (Lipinski definition) is 6. The van der Waals surface area contributed by atoms with Gasteiger partial charge in [0.05, 0.1) is 17.2 Å². The summed E-state index contributed by atoms with van der Waals surface area (Å²) < 4.78 is 5.01. The molecule has 2 aromatic rings. The number of aromatic nitrogens is 1. The molecule has 1 saturated heterocycles. The number of nitrogens with zero attached hydrogens (tertiary/aromatic N) is 2. The van der Waals surface area contributed by atoms with Crippen LogP contribution in [0.25, 0.3) is 9.88 Å². The fourth-order valence-corrected chi connectivity index (χ4v) is 4.55. The van der Waals surface area contributed by atoms with Gasteiger partial charge in [-0.2, -0.15) is 0 Å². The van der Waals surface area contributed by atoms with Crippen molar-refractivity contribution in [3.05, 3.63) is 28.1 Å². The number of amides is 2. The van der Waals surface area contributed by atoms with E-state index in [0.29, 0.717) is 24.6 Å². The number of likely N-dealkylation sites (tertiary alicyclic amines) is 1. The number of hydrogen-bond donors (Lipinski definition) is 1. The van der Waals surface area contributed by atoms with Crippen LogP contribution in [0.1, 0.15) is 35.1 Å². The number of nitrogens with one attached hydrogen (secondary N) is 1. The topological polar surface area (TPSA) is 71.5 Å². The summed E-state index contributed by atoms with van der Waals surface area (Å²) in [6.45, 7) is 5.25. The maximum Gasteiger partial charge on any atom is 0.409 e. The van der Waals surface area contributed by atoms with E-state index in [1.165, 1.54) is 11.3 Å². The van der Waals surface area contributed by atoms with Gasteiger partial charge in [-0.25, -0.2) is 9.78 Å². The second kappa shape index (κ2) is 7.97. The second-order valence-electron chi connectivity index (χ2n) is 5.84. The third-order valence-corrected chi connectivity index (χ3v) is 6.29. The Hall–Kier alpha value is -1.93. The minimum absolute atomic E-state index is 0.0739. The first-order valence-corrected chi connectivity index (χ1v) is 10.0. The van der Waals surface area contributed by atoms with E-state index >= 15 is 0 Å². The van der Waals surface area contributed by atoms with Gasteiger partial charge in [0.1, 0.15) is 9.88 Å². The van der Waals surface area contributed by atoms with Crippen molar-refractivity contribution in [1.29, 1.82) is 0 Å². The molecule has 3 rings (SSSR count). The second-order valence-corrected chi connectivity index (χ2v) is 7.79. The van der Waals surface area contributed by atoms with E-state index in [1.54, 1.807) is 23.2 Å². The lowest BCUT2D eigenvalue weighted by atomic mass is 10.1. The summed E-state index contributed by atoms with van der Waals surface area (Å²) in [6.07, 6.45) is 1.20. The molecule has 2 aromatic heterocycles. The fourth-order valence-electron chi connectivity index (χ4n) is 2.78. The van der Waals surface area contributed by atoms with Crippen molar-refractivity contribution in [1.82, 2.24) is 15.2 Å². The molecule has 1 aliphatic rings. The van der Waals surface area contributed by atoms with Crippen LogP contribution in [-0.2, 0) is 4.74 Å². The normalized spacial score (nSPS) is 15.2. The molecule has 0 bridgehead atoms. The predicted octanol–water partition coefficient (Wildman–Crippen LogP) is 3.53. The number of ether oxygens (including phenoxy) is 1. The number of thiophene rings is 1.